The van der Waals surface area contributed by atoms with E-state index in [1.807, 2.05) is 13.0 Å². The number of hydrogen-bond donors (Lipinski definition) is 1. The summed E-state index contributed by atoms with van der Waals surface area (Å²) in [5, 5.41) is 4.23. The molecule has 0 saturated heterocycles. The van der Waals surface area contributed by atoms with E-state index in [1.54, 1.807) is 22.7 Å². The number of halogens is 1. The third kappa shape index (κ3) is 3.30. The Balaban J connectivity index is 1.67. The Morgan fingerprint density at radius 2 is 2.38 bits per heavy atom. The van der Waals surface area contributed by atoms with Crippen molar-refractivity contribution < 1.29 is 9.53 Å². The van der Waals surface area contributed by atoms with Crippen LogP contribution in [0, 0.1) is 0 Å². The molecule has 0 bridgehead atoms. The lowest BCUT2D eigenvalue weighted by Crippen LogP contribution is -2.14. The second-order valence-electron chi connectivity index (χ2n) is 4.73. The average Bonchev–Trinajstić information content (AvgIpc) is 3.11. The summed E-state index contributed by atoms with van der Waals surface area (Å²) < 4.78 is 6.25. The highest BCUT2D eigenvalue weighted by Crippen LogP contribution is 2.39. The Morgan fingerprint density at radius 1 is 1.52 bits per heavy atom. The summed E-state index contributed by atoms with van der Waals surface area (Å²) in [6.07, 6.45) is 1.74. The molecule has 1 aliphatic carbocycles. The van der Waals surface area contributed by atoms with E-state index in [0.29, 0.717) is 6.61 Å². The lowest BCUT2D eigenvalue weighted by Gasteiger charge is -2.07. The number of nitrogens with zero attached hydrogens (tertiary/aromatic N) is 1. The van der Waals surface area contributed by atoms with E-state index in [1.165, 1.54) is 9.75 Å². The molecule has 0 spiro atoms. The second kappa shape index (κ2) is 6.46. The van der Waals surface area contributed by atoms with Gasteiger partial charge in [0.25, 0.3) is 0 Å². The Kier molecular flexibility index (Phi) is 4.61. The third-order valence-electron chi connectivity index (χ3n) is 3.33. The first kappa shape index (κ1) is 15.0. The first-order chi connectivity index (χ1) is 10.2. The minimum atomic E-state index is -0.178. The molecule has 1 unspecified atom stereocenters. The van der Waals surface area contributed by atoms with Crippen molar-refractivity contribution in [3.63, 3.8) is 0 Å². The number of ether oxygens (including phenoxy) is 1. The van der Waals surface area contributed by atoms with Gasteiger partial charge in [0.15, 0.2) is 5.13 Å². The number of aryl methyl sites for hydroxylation is 1. The number of rotatable bonds is 5. The van der Waals surface area contributed by atoms with Gasteiger partial charge < -0.3 is 10.1 Å². The summed E-state index contributed by atoms with van der Waals surface area (Å²) in [5.41, 5.74) is 0.910. The van der Waals surface area contributed by atoms with Crippen LogP contribution < -0.4 is 5.32 Å². The number of thiazole rings is 1. The van der Waals surface area contributed by atoms with E-state index in [9.17, 15) is 4.79 Å². The maximum atomic E-state index is 11.9. The zero-order chi connectivity index (χ0) is 14.8. The Morgan fingerprint density at radius 3 is 3.10 bits per heavy atom. The molecular formula is C14H15BrN2O2S2. The van der Waals surface area contributed by atoms with Crippen molar-refractivity contribution in [1.82, 2.24) is 4.98 Å². The van der Waals surface area contributed by atoms with Gasteiger partial charge in [-0.3, -0.25) is 4.79 Å². The van der Waals surface area contributed by atoms with Crippen molar-refractivity contribution >= 4 is 49.7 Å². The van der Waals surface area contributed by atoms with Crippen molar-refractivity contribution in [2.24, 2.45) is 0 Å². The van der Waals surface area contributed by atoms with Gasteiger partial charge in [-0.25, -0.2) is 4.98 Å². The summed E-state index contributed by atoms with van der Waals surface area (Å²) in [5.74, 6) is -0.321. The molecule has 0 saturated carbocycles. The number of carbonyl (C=O) groups excluding carboxylic acids is 1. The Hall–Kier alpha value is -0.920. The molecule has 4 nitrogen and oxygen atoms in total. The van der Waals surface area contributed by atoms with E-state index in [2.05, 4.69) is 32.3 Å². The van der Waals surface area contributed by atoms with Gasteiger partial charge in [-0.2, -0.15) is 0 Å². The van der Waals surface area contributed by atoms with Crippen LogP contribution in [-0.2, 0) is 22.5 Å². The van der Waals surface area contributed by atoms with Crippen molar-refractivity contribution in [1.29, 1.82) is 0 Å². The number of anilines is 1. The molecule has 1 N–H and O–H groups in total. The number of thiophene rings is 1. The van der Waals surface area contributed by atoms with Crippen LogP contribution >= 0.6 is 38.6 Å². The van der Waals surface area contributed by atoms with Gasteiger partial charge in [0.2, 0.25) is 0 Å². The number of hydrogen-bond acceptors (Lipinski definition) is 6. The minimum absolute atomic E-state index is 0.143. The van der Waals surface area contributed by atoms with E-state index < -0.39 is 0 Å². The smallest absolute Gasteiger partial charge is 0.315 e. The Bertz CT molecular complexity index is 653. The van der Waals surface area contributed by atoms with Crippen molar-refractivity contribution in [3.05, 3.63) is 31.4 Å². The zero-order valence-electron chi connectivity index (χ0n) is 11.5. The highest BCUT2D eigenvalue weighted by atomic mass is 79.9. The monoisotopic (exact) mass is 386 g/mol. The largest absolute Gasteiger partial charge is 0.465 e. The molecule has 7 heteroatoms. The summed E-state index contributed by atoms with van der Waals surface area (Å²) in [4.78, 5) is 19.0. The molecular weight excluding hydrogens is 372 g/mol. The van der Waals surface area contributed by atoms with E-state index in [-0.39, 0.29) is 11.9 Å². The summed E-state index contributed by atoms with van der Waals surface area (Å²) in [7, 11) is 0. The quantitative estimate of drug-likeness (QED) is 0.783. The minimum Gasteiger partial charge on any atom is -0.465 e. The van der Waals surface area contributed by atoms with Gasteiger partial charge >= 0.3 is 5.97 Å². The summed E-state index contributed by atoms with van der Waals surface area (Å²) in [6.45, 7) is 3.01. The first-order valence-electron chi connectivity index (χ1n) is 6.81. The zero-order valence-corrected chi connectivity index (χ0v) is 14.7. The first-order valence-corrected chi connectivity index (χ1v) is 9.24. The maximum absolute atomic E-state index is 11.9. The van der Waals surface area contributed by atoms with Crippen LogP contribution in [0.2, 0.25) is 0 Å². The molecule has 2 aromatic heterocycles. The van der Waals surface area contributed by atoms with Crippen LogP contribution in [0.1, 0.15) is 34.7 Å². The number of aromatic nitrogens is 1. The van der Waals surface area contributed by atoms with Gasteiger partial charge in [0, 0.05) is 9.75 Å². The molecule has 0 amide bonds. The topological polar surface area (TPSA) is 51.2 Å². The van der Waals surface area contributed by atoms with Crippen molar-refractivity contribution in [2.45, 2.75) is 32.2 Å². The highest BCUT2D eigenvalue weighted by Gasteiger charge is 2.33. The molecule has 2 aromatic rings. The molecule has 3 rings (SSSR count). The molecule has 2 heterocycles. The van der Waals surface area contributed by atoms with Gasteiger partial charge in [-0.05, 0) is 47.8 Å². The molecule has 1 atom stereocenters. The molecule has 0 aliphatic heterocycles. The van der Waals surface area contributed by atoms with Crippen LogP contribution in [0.3, 0.4) is 0 Å². The lowest BCUT2D eigenvalue weighted by molar-refractivity contribution is -0.145. The fourth-order valence-electron chi connectivity index (χ4n) is 2.38. The number of carbonyl (C=O) groups is 1. The van der Waals surface area contributed by atoms with Gasteiger partial charge in [-0.15, -0.1) is 22.7 Å². The molecule has 0 radical (unpaired) electrons. The molecule has 1 aliphatic rings. The average molecular weight is 387 g/mol. The van der Waals surface area contributed by atoms with E-state index >= 15 is 0 Å². The molecule has 0 aromatic carbocycles. The van der Waals surface area contributed by atoms with Crippen LogP contribution in [0.15, 0.2) is 15.9 Å². The molecule has 21 heavy (non-hydrogen) atoms. The number of nitrogens with one attached hydrogen (secondary N) is 1. The highest BCUT2D eigenvalue weighted by molar-refractivity contribution is 9.11. The molecule has 0 fully saturated rings. The van der Waals surface area contributed by atoms with Crippen LogP contribution in [-0.4, -0.2) is 17.6 Å². The maximum Gasteiger partial charge on any atom is 0.315 e. The van der Waals surface area contributed by atoms with Gasteiger partial charge in [0.05, 0.1) is 22.6 Å². The number of fused-ring (bicyclic) bond motifs is 1. The van der Waals surface area contributed by atoms with Gasteiger partial charge in [0.1, 0.15) is 5.92 Å². The third-order valence-corrected chi connectivity index (χ3v) is 6.04. The van der Waals surface area contributed by atoms with Crippen molar-refractivity contribution in [3.8, 4) is 0 Å². The fourth-order valence-corrected chi connectivity index (χ4v) is 4.84. The SMILES string of the molecule is CCOC(=O)C1CCc2sc(NCc3ccc(Br)s3)nc21. The van der Waals surface area contributed by atoms with Crippen LogP contribution in [0.4, 0.5) is 5.13 Å². The lowest BCUT2D eigenvalue weighted by atomic mass is 10.1. The standard InChI is InChI=1S/C14H15BrN2O2S2/c1-2-19-13(18)9-4-5-10-12(9)17-14(21-10)16-7-8-3-6-11(15)20-8/h3,6,9H,2,4-5,7H2,1H3,(H,16,17). The summed E-state index contributed by atoms with van der Waals surface area (Å²) >= 11 is 6.82. The number of esters is 1. The van der Waals surface area contributed by atoms with Gasteiger partial charge in [-0.1, -0.05) is 0 Å². The predicted molar refractivity (Wildman–Crippen MR) is 89.2 cm³/mol. The van der Waals surface area contributed by atoms with Crippen LogP contribution in [0.5, 0.6) is 0 Å². The fraction of sp³-hybridized carbons (Fsp3) is 0.429. The van der Waals surface area contributed by atoms with Crippen molar-refractivity contribution in [2.75, 3.05) is 11.9 Å². The van der Waals surface area contributed by atoms with E-state index in [0.717, 1.165) is 34.0 Å². The second-order valence-corrected chi connectivity index (χ2v) is 8.36. The normalized spacial score (nSPS) is 16.8. The predicted octanol–water partition coefficient (Wildman–Crippen LogP) is 4.17. The van der Waals surface area contributed by atoms with Crippen LogP contribution in [0.25, 0.3) is 0 Å². The summed E-state index contributed by atoms with van der Waals surface area (Å²) in [6, 6.07) is 4.13. The van der Waals surface area contributed by atoms with E-state index in [4.69, 9.17) is 4.74 Å². The Labute approximate surface area is 139 Å². The molecule has 112 valence electrons.